The van der Waals surface area contributed by atoms with Crippen molar-refractivity contribution in [2.75, 3.05) is 23.7 Å². The number of nitrogens with one attached hydrogen (secondary N) is 1. The molecular formula is C27H37F2N3O4S. The topological polar surface area (TPSA) is 86.8 Å². The molecule has 10 heteroatoms. The first-order valence-electron chi connectivity index (χ1n) is 12.5. The maximum absolute atomic E-state index is 13.7. The van der Waals surface area contributed by atoms with E-state index in [-0.39, 0.29) is 42.9 Å². The molecule has 0 bridgehead atoms. The first kappa shape index (κ1) is 30.2. The van der Waals surface area contributed by atoms with Crippen LogP contribution in [0.3, 0.4) is 0 Å². The van der Waals surface area contributed by atoms with Gasteiger partial charge in [-0.25, -0.2) is 17.2 Å². The molecule has 0 radical (unpaired) electrons. The summed E-state index contributed by atoms with van der Waals surface area (Å²) in [6, 6.07) is 11.8. The molecule has 0 saturated heterocycles. The van der Waals surface area contributed by atoms with Gasteiger partial charge in [0, 0.05) is 31.6 Å². The SMILES string of the molecule is CCC(C)NC(=O)C(CC)N(CCc1ccccc1)C(=O)CCCN(c1ccc(F)c(F)c1)S(C)(=O)=O. The van der Waals surface area contributed by atoms with Crippen LogP contribution in [-0.4, -0.2) is 56.6 Å². The van der Waals surface area contributed by atoms with Gasteiger partial charge in [0.05, 0.1) is 11.9 Å². The molecule has 2 aromatic rings. The van der Waals surface area contributed by atoms with Crippen molar-refractivity contribution < 1.29 is 26.8 Å². The minimum atomic E-state index is -3.81. The number of sulfonamides is 1. The van der Waals surface area contributed by atoms with Crippen LogP contribution in [0.2, 0.25) is 0 Å². The molecule has 0 spiro atoms. The first-order chi connectivity index (χ1) is 17.5. The van der Waals surface area contributed by atoms with Crippen LogP contribution >= 0.6 is 0 Å². The summed E-state index contributed by atoms with van der Waals surface area (Å²) in [4.78, 5) is 27.9. The van der Waals surface area contributed by atoms with Gasteiger partial charge in [0.15, 0.2) is 11.6 Å². The number of nitrogens with zero attached hydrogens (tertiary/aromatic N) is 2. The summed E-state index contributed by atoms with van der Waals surface area (Å²) in [6.45, 7) is 5.94. The molecule has 204 valence electrons. The van der Waals surface area contributed by atoms with Crippen molar-refractivity contribution in [2.24, 2.45) is 0 Å². The average molecular weight is 538 g/mol. The Morgan fingerprint density at radius 3 is 2.22 bits per heavy atom. The normalized spacial score (nSPS) is 13.0. The highest BCUT2D eigenvalue weighted by Crippen LogP contribution is 2.21. The summed E-state index contributed by atoms with van der Waals surface area (Å²) < 4.78 is 52.7. The molecule has 2 unspecified atom stereocenters. The van der Waals surface area contributed by atoms with Crippen LogP contribution in [0.25, 0.3) is 0 Å². The van der Waals surface area contributed by atoms with E-state index in [1.54, 1.807) is 4.90 Å². The lowest BCUT2D eigenvalue weighted by molar-refractivity contribution is -0.141. The maximum Gasteiger partial charge on any atom is 0.243 e. The number of rotatable bonds is 14. The van der Waals surface area contributed by atoms with Gasteiger partial charge in [-0.2, -0.15) is 0 Å². The second-order valence-electron chi connectivity index (χ2n) is 9.10. The van der Waals surface area contributed by atoms with Crippen LogP contribution < -0.4 is 9.62 Å². The molecule has 0 aromatic heterocycles. The molecule has 37 heavy (non-hydrogen) atoms. The van der Waals surface area contributed by atoms with Gasteiger partial charge in [-0.15, -0.1) is 0 Å². The highest BCUT2D eigenvalue weighted by Gasteiger charge is 2.29. The van der Waals surface area contributed by atoms with E-state index in [1.165, 1.54) is 6.07 Å². The van der Waals surface area contributed by atoms with E-state index in [0.29, 0.717) is 19.4 Å². The van der Waals surface area contributed by atoms with Gasteiger partial charge in [0.2, 0.25) is 21.8 Å². The van der Waals surface area contributed by atoms with Crippen molar-refractivity contribution in [2.45, 2.75) is 65.0 Å². The second kappa shape index (κ2) is 14.1. The first-order valence-corrected chi connectivity index (χ1v) is 14.4. The Kier molecular flexibility index (Phi) is 11.5. The largest absolute Gasteiger partial charge is 0.352 e. The molecule has 0 aliphatic carbocycles. The molecule has 0 aliphatic heterocycles. The van der Waals surface area contributed by atoms with Crippen molar-refractivity contribution in [3.05, 3.63) is 65.7 Å². The molecule has 2 rings (SSSR count). The number of benzene rings is 2. The van der Waals surface area contributed by atoms with Crippen LogP contribution in [0.5, 0.6) is 0 Å². The van der Waals surface area contributed by atoms with Gasteiger partial charge in [-0.3, -0.25) is 13.9 Å². The van der Waals surface area contributed by atoms with Crippen molar-refractivity contribution in [3.63, 3.8) is 0 Å². The summed E-state index contributed by atoms with van der Waals surface area (Å²) in [5.74, 6) is -2.74. The molecule has 7 nitrogen and oxygen atoms in total. The molecule has 0 aliphatic rings. The van der Waals surface area contributed by atoms with Crippen LogP contribution in [0.1, 0.15) is 52.0 Å². The molecule has 2 amide bonds. The highest BCUT2D eigenvalue weighted by atomic mass is 32.2. The molecule has 0 heterocycles. The van der Waals surface area contributed by atoms with Crippen molar-refractivity contribution in [1.29, 1.82) is 0 Å². The van der Waals surface area contributed by atoms with Crippen LogP contribution in [0.4, 0.5) is 14.5 Å². The van der Waals surface area contributed by atoms with E-state index >= 15 is 0 Å². The fourth-order valence-electron chi connectivity index (χ4n) is 3.98. The number of amides is 2. The minimum absolute atomic E-state index is 0.0163. The van der Waals surface area contributed by atoms with E-state index in [2.05, 4.69) is 5.32 Å². The Morgan fingerprint density at radius 2 is 1.65 bits per heavy atom. The fraction of sp³-hybridized carbons (Fsp3) is 0.481. The number of anilines is 1. The number of hydrogen-bond acceptors (Lipinski definition) is 4. The summed E-state index contributed by atoms with van der Waals surface area (Å²) in [5.41, 5.74) is 1.01. The average Bonchev–Trinajstić information content (AvgIpc) is 2.85. The van der Waals surface area contributed by atoms with Crippen LogP contribution in [0, 0.1) is 11.6 Å². The number of carbonyl (C=O) groups is 2. The van der Waals surface area contributed by atoms with Gasteiger partial charge in [-0.05, 0) is 50.3 Å². The Morgan fingerprint density at radius 1 is 0.973 bits per heavy atom. The third kappa shape index (κ3) is 9.10. The molecule has 2 atom stereocenters. The second-order valence-corrected chi connectivity index (χ2v) is 11.0. The van der Waals surface area contributed by atoms with E-state index in [4.69, 9.17) is 0 Å². The zero-order chi connectivity index (χ0) is 27.6. The van der Waals surface area contributed by atoms with Gasteiger partial charge < -0.3 is 10.2 Å². The standard InChI is InChI=1S/C27H37F2N3O4S/c1-5-20(3)30-27(34)25(6-2)31(18-16-21-11-8-7-9-12-21)26(33)13-10-17-32(37(4,35)36)22-14-15-23(28)24(29)19-22/h7-9,11-12,14-15,19-20,25H,5-6,10,13,16-18H2,1-4H3,(H,30,34). The third-order valence-electron chi connectivity index (χ3n) is 6.21. The smallest absolute Gasteiger partial charge is 0.243 e. The predicted molar refractivity (Wildman–Crippen MR) is 142 cm³/mol. The van der Waals surface area contributed by atoms with Crippen molar-refractivity contribution in [3.8, 4) is 0 Å². The molecule has 2 aromatic carbocycles. The van der Waals surface area contributed by atoms with Crippen LogP contribution in [0.15, 0.2) is 48.5 Å². The Hall–Kier alpha value is -3.01. The van der Waals surface area contributed by atoms with Gasteiger partial charge in [-0.1, -0.05) is 44.2 Å². The monoisotopic (exact) mass is 537 g/mol. The molecule has 0 fully saturated rings. The van der Waals surface area contributed by atoms with Gasteiger partial charge >= 0.3 is 0 Å². The maximum atomic E-state index is 13.7. The zero-order valence-electron chi connectivity index (χ0n) is 21.9. The fourth-order valence-corrected chi connectivity index (χ4v) is 4.94. The Bertz CT molecular complexity index is 1150. The summed E-state index contributed by atoms with van der Waals surface area (Å²) >= 11 is 0. The lowest BCUT2D eigenvalue weighted by Gasteiger charge is -2.32. The molecule has 0 saturated carbocycles. The van der Waals surface area contributed by atoms with E-state index in [0.717, 1.165) is 34.7 Å². The van der Waals surface area contributed by atoms with Crippen molar-refractivity contribution in [1.82, 2.24) is 10.2 Å². The van der Waals surface area contributed by atoms with E-state index in [9.17, 15) is 26.8 Å². The number of carbonyl (C=O) groups excluding carboxylic acids is 2. The molecular weight excluding hydrogens is 500 g/mol. The number of hydrogen-bond donors (Lipinski definition) is 1. The Labute approximate surface area is 218 Å². The number of halogens is 2. The van der Waals surface area contributed by atoms with Crippen molar-refractivity contribution >= 4 is 27.5 Å². The summed E-state index contributed by atoms with van der Waals surface area (Å²) in [5, 5.41) is 2.95. The summed E-state index contributed by atoms with van der Waals surface area (Å²) in [6.07, 6.45) is 2.82. The van der Waals surface area contributed by atoms with E-state index in [1.807, 2.05) is 51.1 Å². The van der Waals surface area contributed by atoms with E-state index < -0.39 is 27.7 Å². The minimum Gasteiger partial charge on any atom is -0.352 e. The third-order valence-corrected chi connectivity index (χ3v) is 7.41. The van der Waals surface area contributed by atoms with Gasteiger partial charge in [0.25, 0.3) is 0 Å². The lowest BCUT2D eigenvalue weighted by atomic mass is 10.1. The Balaban J connectivity index is 2.18. The van der Waals surface area contributed by atoms with Crippen LogP contribution in [-0.2, 0) is 26.0 Å². The summed E-state index contributed by atoms with van der Waals surface area (Å²) in [7, 11) is -3.81. The zero-order valence-corrected chi connectivity index (χ0v) is 22.7. The highest BCUT2D eigenvalue weighted by molar-refractivity contribution is 7.92. The quantitative estimate of drug-likeness (QED) is 0.390. The predicted octanol–water partition coefficient (Wildman–Crippen LogP) is 4.28. The van der Waals surface area contributed by atoms with Gasteiger partial charge in [0.1, 0.15) is 6.04 Å². The molecule has 1 N–H and O–H groups in total. The lowest BCUT2D eigenvalue weighted by Crippen LogP contribution is -2.51.